The van der Waals surface area contributed by atoms with Crippen LogP contribution in [0.25, 0.3) is 88.7 Å². The van der Waals surface area contributed by atoms with Gasteiger partial charge in [0, 0.05) is 22.1 Å². The van der Waals surface area contributed by atoms with E-state index in [9.17, 15) is 0 Å². The minimum absolute atomic E-state index is 0.0242. The van der Waals surface area contributed by atoms with E-state index in [1.165, 1.54) is 60.1 Å². The van der Waals surface area contributed by atoms with Crippen molar-refractivity contribution >= 4 is 32.3 Å². The monoisotopic (exact) mass is 651 g/mol. The van der Waals surface area contributed by atoms with Crippen LogP contribution in [0.5, 0.6) is 0 Å². The second-order valence-corrected chi connectivity index (χ2v) is 14.0. The first-order valence-corrected chi connectivity index (χ1v) is 17.5. The van der Waals surface area contributed by atoms with Crippen molar-refractivity contribution in [2.75, 3.05) is 0 Å². The van der Waals surface area contributed by atoms with Crippen molar-refractivity contribution in [3.05, 3.63) is 175 Å². The minimum Gasteiger partial charge on any atom is -0.208 e. The molecule has 240 valence electrons. The number of hydrogen-bond acceptors (Lipinski definition) is 3. The van der Waals surface area contributed by atoms with Gasteiger partial charge >= 0.3 is 0 Å². The van der Waals surface area contributed by atoms with E-state index in [0.717, 1.165) is 22.3 Å². The standard InChI is InChI=1S/C48H33N3/c1-48(2)43-22-11-10-21-40(43)42-28-32(24-26-44(42)48)31-15-12-16-33(27-31)46-49-45(30-13-4-3-5-14-30)50-47(51-46)34-23-25-39-37-19-7-6-17-35(37)36-18-8-9-20-38(36)41(39)29-34/h3-29H,1-2H3. The highest BCUT2D eigenvalue weighted by Crippen LogP contribution is 2.49. The average Bonchev–Trinajstić information content (AvgIpc) is 3.43. The fourth-order valence-corrected chi connectivity index (χ4v) is 8.13. The maximum Gasteiger partial charge on any atom is 0.164 e. The van der Waals surface area contributed by atoms with E-state index in [2.05, 4.69) is 159 Å². The third-order valence-electron chi connectivity index (χ3n) is 10.7. The zero-order valence-electron chi connectivity index (χ0n) is 28.4. The molecule has 0 amide bonds. The summed E-state index contributed by atoms with van der Waals surface area (Å²) in [5, 5.41) is 7.38. The Morgan fingerprint density at radius 3 is 1.49 bits per heavy atom. The van der Waals surface area contributed by atoms with Gasteiger partial charge in [-0.2, -0.15) is 0 Å². The van der Waals surface area contributed by atoms with Crippen LogP contribution in [-0.2, 0) is 5.41 Å². The average molecular weight is 652 g/mol. The summed E-state index contributed by atoms with van der Waals surface area (Å²) in [4.78, 5) is 15.3. The molecule has 1 aromatic heterocycles. The molecule has 0 radical (unpaired) electrons. The predicted octanol–water partition coefficient (Wildman–Crippen LogP) is 12.3. The third kappa shape index (κ3) is 4.69. The van der Waals surface area contributed by atoms with Gasteiger partial charge in [-0.25, -0.2) is 15.0 Å². The zero-order valence-corrected chi connectivity index (χ0v) is 28.4. The van der Waals surface area contributed by atoms with E-state index >= 15 is 0 Å². The molecule has 0 unspecified atom stereocenters. The van der Waals surface area contributed by atoms with E-state index in [1.807, 2.05) is 18.2 Å². The van der Waals surface area contributed by atoms with Gasteiger partial charge < -0.3 is 0 Å². The first-order chi connectivity index (χ1) is 25.0. The molecular weight excluding hydrogens is 619 g/mol. The van der Waals surface area contributed by atoms with Gasteiger partial charge in [-0.3, -0.25) is 0 Å². The Kier molecular flexibility index (Phi) is 6.53. The van der Waals surface area contributed by atoms with Crippen molar-refractivity contribution in [2.45, 2.75) is 19.3 Å². The van der Waals surface area contributed by atoms with Crippen LogP contribution >= 0.6 is 0 Å². The number of aromatic nitrogens is 3. The second-order valence-electron chi connectivity index (χ2n) is 14.0. The van der Waals surface area contributed by atoms with Crippen LogP contribution in [0.15, 0.2) is 164 Å². The van der Waals surface area contributed by atoms with Crippen molar-refractivity contribution in [2.24, 2.45) is 0 Å². The van der Waals surface area contributed by atoms with Gasteiger partial charge in [-0.05, 0) is 83.9 Å². The van der Waals surface area contributed by atoms with Gasteiger partial charge in [0.25, 0.3) is 0 Å². The summed E-state index contributed by atoms with van der Waals surface area (Å²) in [6.45, 7) is 4.64. The van der Waals surface area contributed by atoms with Crippen LogP contribution in [0.2, 0.25) is 0 Å². The van der Waals surface area contributed by atoms with E-state index in [0.29, 0.717) is 17.5 Å². The van der Waals surface area contributed by atoms with Crippen LogP contribution in [0.3, 0.4) is 0 Å². The van der Waals surface area contributed by atoms with Gasteiger partial charge in [-0.1, -0.05) is 159 Å². The summed E-state index contributed by atoms with van der Waals surface area (Å²) in [5.41, 5.74) is 10.5. The third-order valence-corrected chi connectivity index (χ3v) is 10.7. The van der Waals surface area contributed by atoms with Crippen molar-refractivity contribution in [1.82, 2.24) is 15.0 Å². The lowest BCUT2D eigenvalue weighted by Gasteiger charge is -2.21. The Morgan fingerprint density at radius 1 is 0.314 bits per heavy atom. The van der Waals surface area contributed by atoms with Crippen LogP contribution in [0.1, 0.15) is 25.0 Å². The molecule has 3 heteroatoms. The summed E-state index contributed by atoms with van der Waals surface area (Å²) in [7, 11) is 0. The Hall–Kier alpha value is -6.45. The van der Waals surface area contributed by atoms with Gasteiger partial charge in [0.1, 0.15) is 0 Å². The number of fused-ring (bicyclic) bond motifs is 9. The molecule has 0 atom stereocenters. The highest BCUT2D eigenvalue weighted by molar-refractivity contribution is 6.25. The number of rotatable bonds is 4. The van der Waals surface area contributed by atoms with Crippen molar-refractivity contribution < 1.29 is 0 Å². The smallest absolute Gasteiger partial charge is 0.164 e. The van der Waals surface area contributed by atoms with E-state index < -0.39 is 0 Å². The number of hydrogen-bond donors (Lipinski definition) is 0. The SMILES string of the molecule is CC1(C)c2ccccc2-c2cc(-c3cccc(-c4nc(-c5ccccc5)nc(-c5ccc6c7ccccc7c7ccccc7c6c5)n4)c3)ccc21. The molecule has 1 aliphatic carbocycles. The Balaban J connectivity index is 1.13. The molecule has 3 nitrogen and oxygen atoms in total. The van der Waals surface area contributed by atoms with E-state index in [1.54, 1.807) is 0 Å². The molecule has 0 N–H and O–H groups in total. The summed E-state index contributed by atoms with van der Waals surface area (Å²) in [6.07, 6.45) is 0. The molecule has 0 spiro atoms. The molecule has 0 bridgehead atoms. The predicted molar refractivity (Wildman–Crippen MR) is 212 cm³/mol. The van der Waals surface area contributed by atoms with Gasteiger partial charge in [0.2, 0.25) is 0 Å². The molecule has 10 rings (SSSR count). The first kappa shape index (κ1) is 29.5. The van der Waals surface area contributed by atoms with E-state index in [-0.39, 0.29) is 5.41 Å². The maximum absolute atomic E-state index is 5.17. The maximum atomic E-state index is 5.17. The van der Waals surface area contributed by atoms with Crippen molar-refractivity contribution in [3.8, 4) is 56.4 Å². The Labute approximate surface area is 297 Å². The van der Waals surface area contributed by atoms with Gasteiger partial charge in [0.05, 0.1) is 0 Å². The van der Waals surface area contributed by atoms with Crippen LogP contribution in [-0.4, -0.2) is 15.0 Å². The lowest BCUT2D eigenvalue weighted by atomic mass is 9.82. The van der Waals surface area contributed by atoms with Gasteiger partial charge in [-0.15, -0.1) is 0 Å². The molecule has 1 aliphatic rings. The zero-order chi connectivity index (χ0) is 34.1. The Morgan fingerprint density at radius 2 is 0.784 bits per heavy atom. The number of benzene rings is 8. The van der Waals surface area contributed by atoms with Crippen LogP contribution in [0.4, 0.5) is 0 Å². The second kappa shape index (κ2) is 11.3. The number of nitrogens with zero attached hydrogens (tertiary/aromatic N) is 3. The fourth-order valence-electron chi connectivity index (χ4n) is 8.13. The summed E-state index contributed by atoms with van der Waals surface area (Å²) >= 11 is 0. The normalized spacial score (nSPS) is 13.1. The molecule has 51 heavy (non-hydrogen) atoms. The largest absolute Gasteiger partial charge is 0.208 e. The fraction of sp³-hybridized carbons (Fsp3) is 0.0625. The molecule has 9 aromatic rings. The van der Waals surface area contributed by atoms with Crippen LogP contribution < -0.4 is 0 Å². The molecule has 1 heterocycles. The quantitative estimate of drug-likeness (QED) is 0.178. The summed E-state index contributed by atoms with van der Waals surface area (Å²) in [5.74, 6) is 1.96. The molecule has 0 saturated heterocycles. The summed E-state index contributed by atoms with van der Waals surface area (Å²) < 4.78 is 0. The molecule has 0 saturated carbocycles. The van der Waals surface area contributed by atoms with Crippen LogP contribution in [0, 0.1) is 0 Å². The lowest BCUT2D eigenvalue weighted by molar-refractivity contribution is 0.660. The highest BCUT2D eigenvalue weighted by atomic mass is 15.0. The lowest BCUT2D eigenvalue weighted by Crippen LogP contribution is -2.14. The molecule has 0 aliphatic heterocycles. The topological polar surface area (TPSA) is 38.7 Å². The highest BCUT2D eigenvalue weighted by Gasteiger charge is 2.35. The van der Waals surface area contributed by atoms with E-state index in [4.69, 9.17) is 15.0 Å². The summed E-state index contributed by atoms with van der Waals surface area (Å²) in [6, 6.07) is 58.4. The van der Waals surface area contributed by atoms with Crippen molar-refractivity contribution in [3.63, 3.8) is 0 Å². The molecule has 8 aromatic carbocycles. The Bertz CT molecular complexity index is 2800. The van der Waals surface area contributed by atoms with Gasteiger partial charge in [0.15, 0.2) is 17.5 Å². The van der Waals surface area contributed by atoms with Crippen molar-refractivity contribution in [1.29, 1.82) is 0 Å². The molecule has 0 fully saturated rings. The molecular formula is C48H33N3. The minimum atomic E-state index is -0.0242. The first-order valence-electron chi connectivity index (χ1n) is 17.5.